The van der Waals surface area contributed by atoms with Crippen molar-refractivity contribution >= 4 is 17.7 Å². The molecule has 0 saturated carbocycles. The van der Waals surface area contributed by atoms with E-state index in [0.717, 1.165) is 11.4 Å². The van der Waals surface area contributed by atoms with Gasteiger partial charge in [0.05, 0.1) is 12.1 Å². The molecule has 0 spiro atoms. The van der Waals surface area contributed by atoms with Gasteiger partial charge in [-0.05, 0) is 56.0 Å². The van der Waals surface area contributed by atoms with E-state index in [1.165, 1.54) is 16.7 Å². The molecule has 2 aliphatic heterocycles. The van der Waals surface area contributed by atoms with Crippen LogP contribution in [0.2, 0.25) is 5.02 Å². The van der Waals surface area contributed by atoms with Crippen molar-refractivity contribution < 1.29 is 9.53 Å². The van der Waals surface area contributed by atoms with Gasteiger partial charge in [-0.15, -0.1) is 0 Å². The van der Waals surface area contributed by atoms with E-state index < -0.39 is 5.60 Å². The number of amides is 1. The second-order valence-corrected chi connectivity index (χ2v) is 8.31. The molecule has 1 fully saturated rings. The molecule has 0 radical (unpaired) electrons. The van der Waals surface area contributed by atoms with Crippen molar-refractivity contribution in [3.05, 3.63) is 70.2 Å². The van der Waals surface area contributed by atoms with E-state index in [1.807, 2.05) is 49.9 Å². The topological polar surface area (TPSA) is 29.5 Å². The molecule has 3 nitrogen and oxygen atoms in total. The van der Waals surface area contributed by atoms with Gasteiger partial charge in [0.2, 0.25) is 0 Å². The quantitative estimate of drug-likeness (QED) is 0.641. The minimum atomic E-state index is -0.499. The number of hydrogen-bond acceptors (Lipinski definition) is 2. The Kier molecular flexibility index (Phi) is 3.80. The summed E-state index contributed by atoms with van der Waals surface area (Å²) in [6.45, 7) is 5.73. The zero-order chi connectivity index (χ0) is 17.8. The normalized spacial score (nSPS) is 24.3. The highest BCUT2D eigenvalue weighted by Gasteiger charge is 2.53. The lowest BCUT2D eigenvalue weighted by molar-refractivity contribution is 0.0172. The molecular formula is C21H22ClNO2. The molecular weight excluding hydrogens is 334 g/mol. The largest absolute Gasteiger partial charge is 0.444 e. The average molecular weight is 356 g/mol. The van der Waals surface area contributed by atoms with Crippen LogP contribution in [0.5, 0.6) is 0 Å². The van der Waals surface area contributed by atoms with Gasteiger partial charge in [0.15, 0.2) is 0 Å². The molecule has 2 aromatic rings. The monoisotopic (exact) mass is 355 g/mol. The van der Waals surface area contributed by atoms with Crippen LogP contribution in [-0.4, -0.2) is 16.6 Å². The molecule has 2 aromatic carbocycles. The first kappa shape index (κ1) is 16.5. The summed E-state index contributed by atoms with van der Waals surface area (Å²) in [7, 11) is 0. The van der Waals surface area contributed by atoms with E-state index >= 15 is 0 Å². The SMILES string of the molecule is CC(C)(C)OC(=O)N1C2CC(c3ccc(Cl)cc3)C1c1ccccc12. The van der Waals surface area contributed by atoms with Gasteiger partial charge in [-0.2, -0.15) is 0 Å². The maximum absolute atomic E-state index is 12.9. The predicted molar refractivity (Wildman–Crippen MR) is 98.8 cm³/mol. The maximum atomic E-state index is 12.9. The van der Waals surface area contributed by atoms with Gasteiger partial charge < -0.3 is 4.74 Å². The number of hydrogen-bond donors (Lipinski definition) is 0. The molecule has 1 amide bonds. The van der Waals surface area contributed by atoms with E-state index in [0.29, 0.717) is 0 Å². The van der Waals surface area contributed by atoms with Crippen LogP contribution in [0.4, 0.5) is 4.79 Å². The van der Waals surface area contributed by atoms with Crippen molar-refractivity contribution in [1.29, 1.82) is 0 Å². The third-order valence-corrected chi connectivity index (χ3v) is 5.32. The summed E-state index contributed by atoms with van der Waals surface area (Å²) in [5.41, 5.74) is 3.22. The fraction of sp³-hybridized carbons (Fsp3) is 0.381. The second kappa shape index (κ2) is 5.77. The van der Waals surface area contributed by atoms with Crippen molar-refractivity contribution in [2.45, 2.75) is 50.8 Å². The molecule has 2 aliphatic rings. The number of halogens is 1. The van der Waals surface area contributed by atoms with Gasteiger partial charge >= 0.3 is 6.09 Å². The summed E-state index contributed by atoms with van der Waals surface area (Å²) in [6, 6.07) is 16.5. The van der Waals surface area contributed by atoms with Crippen molar-refractivity contribution in [2.75, 3.05) is 0 Å². The van der Waals surface area contributed by atoms with Crippen molar-refractivity contribution in [1.82, 2.24) is 4.90 Å². The van der Waals surface area contributed by atoms with Crippen LogP contribution < -0.4 is 0 Å². The highest BCUT2D eigenvalue weighted by Crippen LogP contribution is 2.59. The number of benzene rings is 2. The zero-order valence-corrected chi connectivity index (χ0v) is 15.5. The summed E-state index contributed by atoms with van der Waals surface area (Å²) in [5.74, 6) is 0.268. The Morgan fingerprint density at radius 2 is 1.72 bits per heavy atom. The molecule has 3 unspecified atom stereocenters. The number of carbonyl (C=O) groups is 1. The molecule has 2 bridgehead atoms. The van der Waals surface area contributed by atoms with Crippen LogP contribution in [0.15, 0.2) is 48.5 Å². The van der Waals surface area contributed by atoms with Gasteiger partial charge in [-0.1, -0.05) is 48.0 Å². The van der Waals surface area contributed by atoms with Crippen LogP contribution >= 0.6 is 11.6 Å². The molecule has 1 saturated heterocycles. The Bertz CT molecular complexity index is 809. The molecule has 4 heteroatoms. The first-order chi connectivity index (χ1) is 11.8. The molecule has 0 aliphatic carbocycles. The van der Waals surface area contributed by atoms with Gasteiger partial charge in [0.1, 0.15) is 5.60 Å². The van der Waals surface area contributed by atoms with Gasteiger partial charge in [-0.25, -0.2) is 4.79 Å². The number of nitrogens with zero attached hydrogens (tertiary/aromatic N) is 1. The van der Waals surface area contributed by atoms with Crippen LogP contribution in [0.25, 0.3) is 0 Å². The molecule has 0 N–H and O–H groups in total. The van der Waals surface area contributed by atoms with Crippen LogP contribution in [-0.2, 0) is 4.74 Å². The van der Waals surface area contributed by atoms with E-state index in [9.17, 15) is 4.79 Å². The fourth-order valence-electron chi connectivity index (χ4n) is 4.18. The Balaban J connectivity index is 1.73. The Morgan fingerprint density at radius 3 is 2.36 bits per heavy atom. The summed E-state index contributed by atoms with van der Waals surface area (Å²) < 4.78 is 5.70. The van der Waals surface area contributed by atoms with Crippen molar-refractivity contribution in [2.24, 2.45) is 0 Å². The van der Waals surface area contributed by atoms with Crippen molar-refractivity contribution in [3.63, 3.8) is 0 Å². The smallest absolute Gasteiger partial charge is 0.411 e. The Hall–Kier alpha value is -2.00. The molecule has 4 rings (SSSR count). The molecule has 3 atom stereocenters. The number of fused-ring (bicyclic) bond motifs is 5. The second-order valence-electron chi connectivity index (χ2n) is 7.87. The number of carbonyl (C=O) groups excluding carboxylic acids is 1. The highest BCUT2D eigenvalue weighted by atomic mass is 35.5. The Morgan fingerprint density at radius 1 is 1.08 bits per heavy atom. The standard InChI is InChI=1S/C21H22ClNO2/c1-21(2,3)25-20(24)23-18-12-17(13-8-10-14(22)11-9-13)19(23)16-7-5-4-6-15(16)18/h4-11,17-19H,12H2,1-3H3. The lowest BCUT2D eigenvalue weighted by Crippen LogP contribution is -2.35. The summed E-state index contributed by atoms with van der Waals surface area (Å²) in [5, 5.41) is 0.733. The van der Waals surface area contributed by atoms with Crippen LogP contribution in [0, 0.1) is 0 Å². The molecule has 25 heavy (non-hydrogen) atoms. The minimum absolute atomic E-state index is 0.0252. The molecule has 130 valence electrons. The third-order valence-electron chi connectivity index (χ3n) is 5.07. The van der Waals surface area contributed by atoms with E-state index in [4.69, 9.17) is 16.3 Å². The van der Waals surface area contributed by atoms with Gasteiger partial charge in [0.25, 0.3) is 0 Å². The minimum Gasteiger partial charge on any atom is -0.444 e. The summed E-state index contributed by atoms with van der Waals surface area (Å²) >= 11 is 6.05. The summed E-state index contributed by atoms with van der Waals surface area (Å²) in [4.78, 5) is 14.8. The lowest BCUT2D eigenvalue weighted by Gasteiger charge is -2.29. The number of rotatable bonds is 1. The fourth-order valence-corrected chi connectivity index (χ4v) is 4.31. The molecule has 0 aromatic heterocycles. The molecule has 2 heterocycles. The number of ether oxygens (including phenoxy) is 1. The zero-order valence-electron chi connectivity index (χ0n) is 14.7. The van der Waals surface area contributed by atoms with E-state index in [-0.39, 0.29) is 24.1 Å². The van der Waals surface area contributed by atoms with E-state index in [2.05, 4.69) is 24.3 Å². The Labute approximate surface area is 153 Å². The van der Waals surface area contributed by atoms with E-state index in [1.54, 1.807) is 0 Å². The van der Waals surface area contributed by atoms with Crippen LogP contribution in [0.3, 0.4) is 0 Å². The average Bonchev–Trinajstić information content (AvgIpc) is 3.08. The lowest BCUT2D eigenvalue weighted by atomic mass is 9.80. The van der Waals surface area contributed by atoms with Gasteiger partial charge in [-0.3, -0.25) is 4.90 Å². The third kappa shape index (κ3) is 2.81. The summed E-state index contributed by atoms with van der Waals surface area (Å²) in [6.07, 6.45) is 0.693. The predicted octanol–water partition coefficient (Wildman–Crippen LogP) is 5.86. The first-order valence-corrected chi connectivity index (χ1v) is 9.08. The van der Waals surface area contributed by atoms with Gasteiger partial charge in [0, 0.05) is 10.9 Å². The highest BCUT2D eigenvalue weighted by molar-refractivity contribution is 6.30. The van der Waals surface area contributed by atoms with Crippen LogP contribution in [0.1, 0.15) is 61.9 Å². The van der Waals surface area contributed by atoms with Crippen molar-refractivity contribution in [3.8, 4) is 0 Å². The first-order valence-electron chi connectivity index (χ1n) is 8.71. The maximum Gasteiger partial charge on any atom is 0.411 e.